The van der Waals surface area contributed by atoms with Gasteiger partial charge in [0.05, 0.1) is 34.3 Å². The van der Waals surface area contributed by atoms with Crippen molar-refractivity contribution in [1.29, 1.82) is 0 Å². The fourth-order valence-electron chi connectivity index (χ4n) is 5.66. The summed E-state index contributed by atoms with van der Waals surface area (Å²) < 4.78 is 32.4. The van der Waals surface area contributed by atoms with Gasteiger partial charge in [-0.3, -0.25) is 0 Å². The van der Waals surface area contributed by atoms with Gasteiger partial charge in [-0.15, -0.1) is 4.33 Å². The Hall–Kier alpha value is -0.210. The number of rotatable bonds is 32. The van der Waals surface area contributed by atoms with Gasteiger partial charge in [-0.2, -0.15) is 0 Å². The average Bonchev–Trinajstić information content (AvgIpc) is 2.93. The lowest BCUT2D eigenvalue weighted by atomic mass is 10.0. The molecule has 0 aromatic rings. The Morgan fingerprint density at radius 3 is 0.833 bits per heavy atom. The second kappa shape index (κ2) is 33.7. The monoisotopic (exact) mass is 622 g/mol. The summed E-state index contributed by atoms with van der Waals surface area (Å²) >= 11 is 0. The molecule has 0 atom stereocenters. The summed E-state index contributed by atoms with van der Waals surface area (Å²) in [5.41, 5.74) is 0. The second-order valence-electron chi connectivity index (χ2n) is 13.2. The minimum absolute atomic E-state index is 0.926. The van der Waals surface area contributed by atoms with Crippen LogP contribution in [0.1, 0.15) is 194 Å². The minimum atomic E-state index is -4.65. The maximum atomic E-state index is 9.33. The van der Waals surface area contributed by atoms with Crippen LogP contribution in [0.4, 0.5) is 0 Å². The van der Waals surface area contributed by atoms with Gasteiger partial charge in [0.1, 0.15) is 0 Å². The van der Waals surface area contributed by atoms with E-state index in [1.54, 1.807) is 0 Å². The first kappa shape index (κ1) is 43.9. The van der Waals surface area contributed by atoms with E-state index in [0.29, 0.717) is 0 Å². The first-order valence-electron chi connectivity index (χ1n) is 18.2. The summed E-state index contributed by atoms with van der Waals surface area (Å²) in [5, 5.41) is 0. The van der Waals surface area contributed by atoms with Gasteiger partial charge in [-0.05, 0) is 25.7 Å². The van der Waals surface area contributed by atoms with E-state index in [4.69, 9.17) is 0 Å². The van der Waals surface area contributed by atoms with Gasteiger partial charge in [0.2, 0.25) is 10.4 Å². The van der Waals surface area contributed by atoms with Crippen LogP contribution in [-0.4, -0.2) is 51.7 Å². The van der Waals surface area contributed by atoms with Crippen molar-refractivity contribution < 1.29 is 26.7 Å². The summed E-state index contributed by atoms with van der Waals surface area (Å²) in [6.07, 6.45) is 40.9. The molecule has 0 aliphatic carbocycles. The van der Waals surface area contributed by atoms with Crippen molar-refractivity contribution in [3.63, 3.8) is 0 Å². The highest BCUT2D eigenvalue weighted by molar-refractivity contribution is 7.80. The summed E-state index contributed by atoms with van der Waals surface area (Å²) in [5.74, 6) is 0. The fraction of sp³-hybridized carbons (Fsp3) is 1.00. The summed E-state index contributed by atoms with van der Waals surface area (Å²) in [4.78, 5) is 3.51. The highest BCUT2D eigenvalue weighted by atomic mass is 32.3. The summed E-state index contributed by atoms with van der Waals surface area (Å²) in [7, 11) is 1.21. The highest BCUT2D eigenvalue weighted by Crippen LogP contribution is 2.15. The topological polar surface area (TPSA) is 75.7 Å². The molecule has 0 aliphatic rings. The third-order valence-electron chi connectivity index (χ3n) is 8.39. The molecule has 0 amide bonds. The molecule has 0 aliphatic heterocycles. The lowest BCUT2D eigenvalue weighted by Gasteiger charge is -2.30. The molecule has 0 saturated carbocycles. The molecule has 0 bridgehead atoms. The molecule has 0 rings (SSSR count). The largest absolute Gasteiger partial charge is 0.724 e. The molecule has 0 radical (unpaired) electrons. The van der Waals surface area contributed by atoms with Crippen LogP contribution in [0, 0.1) is 0 Å². The Morgan fingerprint density at radius 2 is 0.667 bits per heavy atom. The molecule has 256 valence electrons. The third-order valence-corrected chi connectivity index (χ3v) is 8.69. The quantitative estimate of drug-likeness (QED) is 0.0186. The number of nitrogens with zero attached hydrogens (tertiary/aromatic N) is 1. The van der Waals surface area contributed by atoms with Crippen molar-refractivity contribution in [2.24, 2.45) is 0 Å². The molecule has 0 heterocycles. The van der Waals surface area contributed by atoms with E-state index < -0.39 is 10.4 Å². The smallest absolute Gasteiger partial charge is 0.245 e. The van der Waals surface area contributed by atoms with Crippen LogP contribution in [0.3, 0.4) is 0 Å². The second-order valence-corrected chi connectivity index (χ2v) is 14.2. The molecular weight excluding hydrogens is 546 g/mol. The van der Waals surface area contributed by atoms with E-state index >= 15 is 0 Å². The Kier molecular flexibility index (Phi) is 35.2. The molecule has 0 aromatic carbocycles. The van der Waals surface area contributed by atoms with Crippen LogP contribution in [-0.2, 0) is 19.6 Å². The first-order valence-corrected chi connectivity index (χ1v) is 19.5. The molecule has 6 nitrogen and oxygen atoms in total. The van der Waals surface area contributed by atoms with Crippen LogP contribution < -0.4 is 0 Å². The van der Waals surface area contributed by atoms with E-state index in [1.807, 2.05) is 0 Å². The summed E-state index contributed by atoms with van der Waals surface area (Å²) in [6.45, 7) is 7.38. The predicted molar refractivity (Wildman–Crippen MR) is 180 cm³/mol. The number of hydrogen-bond acceptors (Lipinski definition) is 5. The fourth-order valence-corrected chi connectivity index (χ4v) is 5.83. The predicted octanol–water partition coefficient (Wildman–Crippen LogP) is 11.0. The average molecular weight is 622 g/mol. The Morgan fingerprint density at radius 1 is 0.452 bits per heavy atom. The van der Waals surface area contributed by atoms with Crippen LogP contribution in [0.25, 0.3) is 0 Å². The lowest BCUT2D eigenvalue weighted by molar-refractivity contribution is -0.890. The van der Waals surface area contributed by atoms with Gasteiger partial charge in [0.15, 0.2) is 0 Å². The molecule has 0 saturated heterocycles. The lowest BCUT2D eigenvalue weighted by Crippen LogP contribution is -2.41. The zero-order valence-electron chi connectivity index (χ0n) is 29.1. The number of hydrogen-bond donors (Lipinski definition) is 0. The van der Waals surface area contributed by atoms with E-state index in [0.717, 1.165) is 7.11 Å². The molecule has 7 heteroatoms. The van der Waals surface area contributed by atoms with Gasteiger partial charge in [0.25, 0.3) is 0 Å². The first-order chi connectivity index (χ1) is 20.2. The zero-order chi connectivity index (χ0) is 31.6. The van der Waals surface area contributed by atoms with Crippen molar-refractivity contribution in [2.45, 2.75) is 194 Å². The SMILES string of the molecule is CCCCCCCCCCCCCCCC[N+](C)(C)CCCCCCCCCCCCCCCC.COOS(=O)(=O)[O-]. The standard InChI is InChI=1S/C34H72N.CH4O5S/c1-5-7-9-11-13-15-17-19-21-23-25-27-29-31-33-35(3,4)34-32-30-28-26-24-22-20-18-16-14-12-10-8-6-2;1-5-6-7(2,3)4/h5-34H2,1-4H3;1H3,(H,2,3,4)/q+1;/p-1. The molecular formula is C35H75NO5S. The van der Waals surface area contributed by atoms with Crippen molar-refractivity contribution in [3.05, 3.63) is 0 Å². The van der Waals surface area contributed by atoms with Gasteiger partial charge in [-0.1, -0.05) is 168 Å². The maximum Gasteiger partial charge on any atom is 0.245 e. The molecule has 0 N–H and O–H groups in total. The van der Waals surface area contributed by atoms with Crippen LogP contribution in [0.5, 0.6) is 0 Å². The maximum absolute atomic E-state index is 9.33. The van der Waals surface area contributed by atoms with Crippen LogP contribution in [0.2, 0.25) is 0 Å². The van der Waals surface area contributed by atoms with Gasteiger partial charge >= 0.3 is 0 Å². The normalized spacial score (nSPS) is 12.0. The molecule has 0 spiro atoms. The number of unbranched alkanes of at least 4 members (excludes halogenated alkanes) is 26. The zero-order valence-corrected chi connectivity index (χ0v) is 29.9. The van der Waals surface area contributed by atoms with Crippen molar-refractivity contribution in [1.82, 2.24) is 0 Å². The van der Waals surface area contributed by atoms with Crippen molar-refractivity contribution >= 4 is 10.4 Å². The number of quaternary nitrogens is 1. The molecule has 0 fully saturated rings. The molecule has 0 unspecified atom stereocenters. The molecule has 0 aromatic heterocycles. The van der Waals surface area contributed by atoms with Gasteiger partial charge in [-0.25, -0.2) is 13.3 Å². The van der Waals surface area contributed by atoms with E-state index in [2.05, 4.69) is 37.2 Å². The summed E-state index contributed by atoms with van der Waals surface area (Å²) in [6, 6.07) is 0. The highest BCUT2D eigenvalue weighted by Gasteiger charge is 2.13. The van der Waals surface area contributed by atoms with E-state index in [-0.39, 0.29) is 0 Å². The Balaban J connectivity index is 0. The van der Waals surface area contributed by atoms with Crippen molar-refractivity contribution in [2.75, 3.05) is 34.3 Å². The van der Waals surface area contributed by atoms with Gasteiger partial charge < -0.3 is 9.04 Å². The third kappa shape index (κ3) is 41.9. The van der Waals surface area contributed by atoms with E-state index in [9.17, 15) is 13.0 Å². The Bertz CT molecular complexity index is 579. The van der Waals surface area contributed by atoms with Crippen molar-refractivity contribution in [3.8, 4) is 0 Å². The van der Waals surface area contributed by atoms with Crippen LogP contribution >= 0.6 is 0 Å². The minimum Gasteiger partial charge on any atom is -0.724 e. The Labute approximate surface area is 264 Å². The van der Waals surface area contributed by atoms with E-state index in [1.165, 1.54) is 197 Å². The van der Waals surface area contributed by atoms with Gasteiger partial charge in [0, 0.05) is 0 Å². The molecule has 42 heavy (non-hydrogen) atoms. The van der Waals surface area contributed by atoms with Crippen LogP contribution in [0.15, 0.2) is 0 Å².